The summed E-state index contributed by atoms with van der Waals surface area (Å²) in [5.41, 5.74) is 0. The number of primary sulfonamides is 1. The summed E-state index contributed by atoms with van der Waals surface area (Å²) in [6, 6.07) is -0.311. The van der Waals surface area contributed by atoms with Gasteiger partial charge in [0.2, 0.25) is 15.9 Å². The van der Waals surface area contributed by atoms with Crippen molar-refractivity contribution in [2.45, 2.75) is 31.2 Å². The molecule has 2 unspecified atom stereocenters. The number of nitrogens with two attached hydrogens (primary N) is 1. The minimum Gasteiger partial charge on any atom is -0.337 e. The minimum atomic E-state index is -3.54. The number of alkyl halides is 1. The van der Waals surface area contributed by atoms with E-state index in [1.165, 1.54) is 4.90 Å². The molecule has 1 saturated heterocycles. The van der Waals surface area contributed by atoms with Crippen molar-refractivity contribution in [3.05, 3.63) is 0 Å². The van der Waals surface area contributed by atoms with Gasteiger partial charge in [-0.3, -0.25) is 4.79 Å². The Kier molecular flexibility index (Phi) is 3.97. The molecule has 15 heavy (non-hydrogen) atoms. The lowest BCUT2D eigenvalue weighted by atomic mass is 10.2. The monoisotopic (exact) mass is 254 g/mol. The number of halogens is 1. The van der Waals surface area contributed by atoms with Crippen molar-refractivity contribution in [2.24, 2.45) is 5.14 Å². The molecule has 2 N–H and O–H groups in total. The van der Waals surface area contributed by atoms with Gasteiger partial charge in [-0.05, 0) is 19.8 Å². The number of likely N-dealkylation sites (tertiary alicyclic amines) is 1. The van der Waals surface area contributed by atoms with Gasteiger partial charge in [-0.25, -0.2) is 13.6 Å². The summed E-state index contributed by atoms with van der Waals surface area (Å²) >= 11 is 5.67. The molecule has 0 aliphatic carbocycles. The molecule has 0 aromatic carbocycles. The minimum absolute atomic E-state index is 0.178. The van der Waals surface area contributed by atoms with Gasteiger partial charge in [0, 0.05) is 12.6 Å². The van der Waals surface area contributed by atoms with Crippen molar-refractivity contribution < 1.29 is 13.2 Å². The van der Waals surface area contributed by atoms with E-state index >= 15 is 0 Å². The number of hydrogen-bond donors (Lipinski definition) is 1. The summed E-state index contributed by atoms with van der Waals surface area (Å²) in [6.07, 6.45) is 1.47. The van der Waals surface area contributed by atoms with E-state index < -0.39 is 15.4 Å². The molecular formula is C8H15ClN2O3S. The van der Waals surface area contributed by atoms with Gasteiger partial charge in [0.15, 0.2) is 0 Å². The molecule has 1 aliphatic heterocycles. The van der Waals surface area contributed by atoms with E-state index in [-0.39, 0.29) is 17.7 Å². The van der Waals surface area contributed by atoms with E-state index in [4.69, 9.17) is 16.7 Å². The van der Waals surface area contributed by atoms with Crippen molar-refractivity contribution in [2.75, 3.05) is 12.3 Å². The highest BCUT2D eigenvalue weighted by Crippen LogP contribution is 2.20. The van der Waals surface area contributed by atoms with E-state index in [1.807, 2.05) is 0 Å². The van der Waals surface area contributed by atoms with Crippen LogP contribution in [0.4, 0.5) is 0 Å². The van der Waals surface area contributed by atoms with Crippen LogP contribution in [0, 0.1) is 0 Å². The van der Waals surface area contributed by atoms with Crippen LogP contribution in [-0.4, -0.2) is 42.9 Å². The number of carbonyl (C=O) groups is 1. The Morgan fingerprint density at radius 2 is 2.27 bits per heavy atom. The Bertz CT molecular complexity index is 342. The lowest BCUT2D eigenvalue weighted by Crippen LogP contribution is -2.43. The van der Waals surface area contributed by atoms with Crippen LogP contribution >= 0.6 is 11.6 Å². The quantitative estimate of drug-likeness (QED) is 0.714. The first kappa shape index (κ1) is 12.7. The summed E-state index contributed by atoms with van der Waals surface area (Å²) in [5.74, 6) is -0.398. The number of sulfonamides is 1. The van der Waals surface area contributed by atoms with Crippen LogP contribution in [0.15, 0.2) is 0 Å². The molecule has 88 valence electrons. The standard InChI is InChI=1S/C8H15ClN2O3S/c1-6(9)8(12)11-4-2-3-7(11)5-15(10,13)14/h6-7H,2-5H2,1H3,(H2,10,13,14). The van der Waals surface area contributed by atoms with Crippen LogP contribution in [0.25, 0.3) is 0 Å². The Morgan fingerprint density at radius 1 is 1.67 bits per heavy atom. The number of rotatable bonds is 3. The Morgan fingerprint density at radius 3 is 2.73 bits per heavy atom. The van der Waals surface area contributed by atoms with Crippen LogP contribution in [-0.2, 0) is 14.8 Å². The molecule has 0 spiro atoms. The average Bonchev–Trinajstić information content (AvgIpc) is 2.47. The van der Waals surface area contributed by atoms with Gasteiger partial charge < -0.3 is 4.90 Å². The SMILES string of the molecule is CC(Cl)C(=O)N1CCCC1CS(N)(=O)=O. The highest BCUT2D eigenvalue weighted by atomic mass is 35.5. The lowest BCUT2D eigenvalue weighted by molar-refractivity contribution is -0.130. The maximum absolute atomic E-state index is 11.6. The summed E-state index contributed by atoms with van der Waals surface area (Å²) in [7, 11) is -3.54. The predicted octanol–water partition coefficient (Wildman–Crippen LogP) is -0.107. The van der Waals surface area contributed by atoms with Crippen LogP contribution < -0.4 is 5.14 Å². The number of nitrogens with zero attached hydrogens (tertiary/aromatic N) is 1. The van der Waals surface area contributed by atoms with Gasteiger partial charge in [0.1, 0.15) is 5.38 Å². The van der Waals surface area contributed by atoms with Crippen LogP contribution in [0.5, 0.6) is 0 Å². The van der Waals surface area contributed by atoms with Crippen molar-refractivity contribution in [3.8, 4) is 0 Å². The van der Waals surface area contributed by atoms with E-state index in [1.54, 1.807) is 6.92 Å². The zero-order valence-electron chi connectivity index (χ0n) is 8.52. The summed E-state index contributed by atoms with van der Waals surface area (Å²) in [6.45, 7) is 2.15. The fraction of sp³-hybridized carbons (Fsp3) is 0.875. The zero-order chi connectivity index (χ0) is 11.6. The fourth-order valence-electron chi connectivity index (χ4n) is 1.80. The third kappa shape index (κ3) is 3.62. The molecule has 0 aromatic rings. The van der Waals surface area contributed by atoms with Crippen molar-refractivity contribution in [1.82, 2.24) is 4.90 Å². The van der Waals surface area contributed by atoms with Crippen molar-refractivity contribution in [3.63, 3.8) is 0 Å². The first-order valence-electron chi connectivity index (χ1n) is 4.76. The first-order valence-corrected chi connectivity index (χ1v) is 6.91. The fourth-order valence-corrected chi connectivity index (χ4v) is 2.80. The normalized spacial score (nSPS) is 24.2. The van der Waals surface area contributed by atoms with Gasteiger partial charge in [-0.1, -0.05) is 0 Å². The van der Waals surface area contributed by atoms with E-state index in [2.05, 4.69) is 0 Å². The summed E-state index contributed by atoms with van der Waals surface area (Å²) < 4.78 is 21.9. The molecule has 0 radical (unpaired) electrons. The predicted molar refractivity (Wildman–Crippen MR) is 58.0 cm³/mol. The number of hydrogen-bond acceptors (Lipinski definition) is 3. The van der Waals surface area contributed by atoms with Crippen LogP contribution in [0.1, 0.15) is 19.8 Å². The first-order chi connectivity index (χ1) is 6.81. The van der Waals surface area contributed by atoms with E-state index in [0.717, 1.165) is 6.42 Å². The molecule has 5 nitrogen and oxygen atoms in total. The molecule has 1 amide bonds. The van der Waals surface area contributed by atoms with E-state index in [0.29, 0.717) is 13.0 Å². The molecule has 0 saturated carbocycles. The number of carbonyl (C=O) groups excluding carboxylic acids is 1. The molecule has 1 rings (SSSR count). The molecule has 0 aromatic heterocycles. The van der Waals surface area contributed by atoms with Crippen LogP contribution in [0.3, 0.4) is 0 Å². The Labute approximate surface area is 94.6 Å². The highest BCUT2D eigenvalue weighted by molar-refractivity contribution is 7.89. The molecule has 1 heterocycles. The number of amides is 1. The summed E-state index contributed by atoms with van der Waals surface area (Å²) in [4.78, 5) is 13.1. The average molecular weight is 255 g/mol. The third-order valence-corrected chi connectivity index (χ3v) is 3.46. The maximum atomic E-state index is 11.6. The molecular weight excluding hydrogens is 240 g/mol. The molecule has 7 heteroatoms. The Balaban J connectivity index is 2.69. The van der Waals surface area contributed by atoms with Crippen molar-refractivity contribution >= 4 is 27.5 Å². The van der Waals surface area contributed by atoms with Gasteiger partial charge in [0.25, 0.3) is 0 Å². The molecule has 0 bridgehead atoms. The van der Waals surface area contributed by atoms with Gasteiger partial charge in [0.05, 0.1) is 5.75 Å². The molecule has 2 atom stereocenters. The molecule has 1 aliphatic rings. The largest absolute Gasteiger partial charge is 0.337 e. The maximum Gasteiger partial charge on any atom is 0.240 e. The van der Waals surface area contributed by atoms with Gasteiger partial charge >= 0.3 is 0 Å². The lowest BCUT2D eigenvalue weighted by Gasteiger charge is -2.24. The highest BCUT2D eigenvalue weighted by Gasteiger charge is 2.32. The zero-order valence-corrected chi connectivity index (χ0v) is 10.1. The second-order valence-corrected chi connectivity index (χ2v) is 6.09. The van der Waals surface area contributed by atoms with Gasteiger partial charge in [-0.2, -0.15) is 0 Å². The van der Waals surface area contributed by atoms with Gasteiger partial charge in [-0.15, -0.1) is 11.6 Å². The van der Waals surface area contributed by atoms with Crippen molar-refractivity contribution in [1.29, 1.82) is 0 Å². The summed E-state index contributed by atoms with van der Waals surface area (Å²) in [5, 5.41) is 4.34. The smallest absolute Gasteiger partial charge is 0.240 e. The third-order valence-electron chi connectivity index (χ3n) is 2.43. The van der Waals surface area contributed by atoms with Crippen LogP contribution in [0.2, 0.25) is 0 Å². The second-order valence-electron chi connectivity index (χ2n) is 3.77. The second kappa shape index (κ2) is 4.67. The molecule has 1 fully saturated rings. The Hall–Kier alpha value is -0.330. The van der Waals surface area contributed by atoms with E-state index in [9.17, 15) is 13.2 Å². The topological polar surface area (TPSA) is 80.5 Å².